The quantitative estimate of drug-likeness (QED) is 0.256. The molecule has 0 saturated heterocycles. The van der Waals surface area contributed by atoms with Gasteiger partial charge in [0.1, 0.15) is 12.0 Å². The molecule has 0 aliphatic rings. The van der Waals surface area contributed by atoms with Crippen molar-refractivity contribution in [3.63, 3.8) is 0 Å². The third-order valence-electron chi connectivity index (χ3n) is 2.98. The molecule has 0 radical (unpaired) electrons. The minimum absolute atomic E-state index is 0. The number of non-ortho nitro benzene ring substituents is 1. The average Bonchev–Trinajstić information content (AvgIpc) is 2.54. The summed E-state index contributed by atoms with van der Waals surface area (Å²) in [5, 5.41) is 10.5. The zero-order valence-corrected chi connectivity index (χ0v) is 17.5. The van der Waals surface area contributed by atoms with Crippen LogP contribution >= 0.6 is 7.60 Å². The van der Waals surface area contributed by atoms with Crippen molar-refractivity contribution in [2.24, 2.45) is 0 Å². The van der Waals surface area contributed by atoms with Crippen LogP contribution in [0.3, 0.4) is 0 Å². The molecule has 1 atom stereocenters. The zero-order chi connectivity index (χ0) is 18.5. The molecular formula is C14H16N2NaO7PS. The van der Waals surface area contributed by atoms with Crippen LogP contribution in [0.2, 0.25) is 0 Å². The molecule has 0 aliphatic carbocycles. The van der Waals surface area contributed by atoms with Crippen LogP contribution in [-0.4, -0.2) is 24.5 Å². The molecule has 2 rings (SSSR count). The number of nitro benzene ring substituents is 1. The average molecular weight is 410 g/mol. The van der Waals surface area contributed by atoms with Gasteiger partial charge in [0.15, 0.2) is 0 Å². The summed E-state index contributed by atoms with van der Waals surface area (Å²) in [4.78, 5) is 19.7. The van der Waals surface area contributed by atoms with Crippen molar-refractivity contribution in [3.05, 3.63) is 70.3 Å². The van der Waals surface area contributed by atoms with E-state index in [0.29, 0.717) is 5.56 Å². The summed E-state index contributed by atoms with van der Waals surface area (Å²) >= 11 is 0. The Kier molecular flexibility index (Phi) is 8.42. The number of hydrogen-bond donors (Lipinski definition) is 2. The molecule has 0 heterocycles. The summed E-state index contributed by atoms with van der Waals surface area (Å²) in [6.45, 7) is 0. The molecule has 9 nitrogen and oxygen atoms in total. The third kappa shape index (κ3) is 7.55. The van der Waals surface area contributed by atoms with Crippen molar-refractivity contribution in [1.29, 1.82) is 0 Å². The summed E-state index contributed by atoms with van der Waals surface area (Å²) in [7, 11) is -8.14. The number of nitrogens with zero attached hydrogens (tertiary/aromatic N) is 1. The normalized spacial score (nSPS) is 13.3. The summed E-state index contributed by atoms with van der Waals surface area (Å²) in [5.41, 5.74) is 0.322. The Bertz CT molecular complexity index is 897. The molecule has 0 amide bonds. The van der Waals surface area contributed by atoms with Crippen molar-refractivity contribution in [2.75, 3.05) is 6.29 Å². The predicted molar refractivity (Wildman–Crippen MR) is 91.7 cm³/mol. The first-order valence-corrected chi connectivity index (χ1v) is 10.4. The van der Waals surface area contributed by atoms with Gasteiger partial charge in [0.25, 0.3) is 5.69 Å². The molecule has 2 N–H and O–H groups in total. The van der Waals surface area contributed by atoms with Crippen molar-refractivity contribution in [3.8, 4) is 5.75 Å². The molecule has 12 heteroatoms. The van der Waals surface area contributed by atoms with Gasteiger partial charge in [0.05, 0.1) is 10.7 Å². The van der Waals surface area contributed by atoms with E-state index in [-0.39, 0.29) is 48.2 Å². The Hall–Kier alpha value is -1.26. The first-order chi connectivity index (χ1) is 11.7. The number of rotatable bonds is 8. The van der Waals surface area contributed by atoms with E-state index in [2.05, 4.69) is 0 Å². The number of nitro groups is 1. The van der Waals surface area contributed by atoms with Gasteiger partial charge in [-0.1, -0.05) is 30.3 Å². The van der Waals surface area contributed by atoms with Gasteiger partial charge >= 0.3 is 37.2 Å². The van der Waals surface area contributed by atoms with Crippen LogP contribution in [0, 0.1) is 10.1 Å². The molecule has 0 aliphatic heterocycles. The first kappa shape index (κ1) is 22.8. The van der Waals surface area contributed by atoms with Crippen LogP contribution in [-0.2, 0) is 20.3 Å². The number of sulfonamides is 1. The summed E-state index contributed by atoms with van der Waals surface area (Å²) < 4.78 is 42.7. The van der Waals surface area contributed by atoms with Crippen molar-refractivity contribution in [1.82, 2.24) is 4.72 Å². The maximum atomic E-state index is 12.0. The molecule has 2 aromatic rings. The van der Waals surface area contributed by atoms with Gasteiger partial charge < -0.3 is 10.8 Å². The molecular weight excluding hydrogens is 394 g/mol. The van der Waals surface area contributed by atoms with Gasteiger partial charge in [-0.15, -0.1) is 0 Å². The van der Waals surface area contributed by atoms with Crippen LogP contribution in [0.4, 0.5) is 5.69 Å². The van der Waals surface area contributed by atoms with E-state index in [1.165, 1.54) is 0 Å². The fourth-order valence-corrected chi connectivity index (χ4v) is 4.54. The van der Waals surface area contributed by atoms with Crippen LogP contribution in [0.1, 0.15) is 6.99 Å². The second-order valence-electron chi connectivity index (χ2n) is 5.03. The summed E-state index contributed by atoms with van der Waals surface area (Å²) in [5.74, 6) is -0.426. The van der Waals surface area contributed by atoms with Gasteiger partial charge in [-0.05, 0) is 17.7 Å². The van der Waals surface area contributed by atoms with Crippen molar-refractivity contribution in [2.45, 2.75) is 5.75 Å². The Balaban J connectivity index is 0.00000338. The molecule has 136 valence electrons. The molecule has 26 heavy (non-hydrogen) atoms. The first-order valence-electron chi connectivity index (χ1n) is 6.94. The Morgan fingerprint density at radius 2 is 1.73 bits per heavy atom. The van der Waals surface area contributed by atoms with E-state index in [0.717, 1.165) is 24.3 Å². The van der Waals surface area contributed by atoms with Gasteiger partial charge in [0.2, 0.25) is 10.0 Å². The smallest absolute Gasteiger partial charge is 1.00 e. The third-order valence-corrected chi connectivity index (χ3v) is 5.54. The SMILES string of the molecule is O=[N+]([O-])c1ccc(OP(=O)(O)CNS(=O)(=O)Cc2ccccc2)cc1.[H-].[Na+]. The molecule has 0 fully saturated rings. The molecule has 0 aromatic heterocycles. The predicted octanol–water partition coefficient (Wildman–Crippen LogP) is -0.647. The minimum atomic E-state index is -4.31. The van der Waals surface area contributed by atoms with E-state index >= 15 is 0 Å². The molecule has 0 spiro atoms. The van der Waals surface area contributed by atoms with E-state index in [1.807, 2.05) is 4.72 Å². The summed E-state index contributed by atoms with van der Waals surface area (Å²) in [6.07, 6.45) is -0.820. The number of benzene rings is 2. The zero-order valence-electron chi connectivity index (χ0n) is 14.8. The van der Waals surface area contributed by atoms with Crippen molar-refractivity contribution >= 4 is 23.3 Å². The van der Waals surface area contributed by atoms with Gasteiger partial charge in [0, 0.05) is 12.1 Å². The summed E-state index contributed by atoms with van der Waals surface area (Å²) in [6, 6.07) is 12.8. The topological polar surface area (TPSA) is 136 Å². The van der Waals surface area contributed by atoms with E-state index in [1.54, 1.807) is 30.3 Å². The number of nitrogens with one attached hydrogen (secondary N) is 1. The maximum absolute atomic E-state index is 12.0. The van der Waals surface area contributed by atoms with E-state index < -0.39 is 28.8 Å². The maximum Gasteiger partial charge on any atom is 1.00 e. The number of hydrogen-bond acceptors (Lipinski definition) is 6. The second-order valence-corrected chi connectivity index (χ2v) is 8.61. The Labute approximate surface area is 173 Å². The van der Waals surface area contributed by atoms with Gasteiger partial charge in [-0.3, -0.25) is 10.1 Å². The second kappa shape index (κ2) is 9.61. The van der Waals surface area contributed by atoms with E-state index in [4.69, 9.17) is 4.52 Å². The fourth-order valence-electron chi connectivity index (χ4n) is 1.85. The Morgan fingerprint density at radius 3 is 2.27 bits per heavy atom. The largest absolute Gasteiger partial charge is 1.00 e. The van der Waals surface area contributed by atoms with Gasteiger partial charge in [-0.25, -0.2) is 17.7 Å². The van der Waals surface area contributed by atoms with Gasteiger partial charge in [-0.2, -0.15) is 0 Å². The fraction of sp³-hybridized carbons (Fsp3) is 0.143. The van der Waals surface area contributed by atoms with Crippen LogP contribution in [0.25, 0.3) is 0 Å². The van der Waals surface area contributed by atoms with Crippen LogP contribution < -0.4 is 38.8 Å². The van der Waals surface area contributed by atoms with Crippen LogP contribution in [0.15, 0.2) is 54.6 Å². The monoisotopic (exact) mass is 410 g/mol. The molecule has 0 bridgehead atoms. The Morgan fingerprint density at radius 1 is 1.15 bits per heavy atom. The van der Waals surface area contributed by atoms with Crippen LogP contribution in [0.5, 0.6) is 5.75 Å². The molecule has 0 saturated carbocycles. The van der Waals surface area contributed by atoms with E-state index in [9.17, 15) is 28.0 Å². The van der Waals surface area contributed by atoms with Crippen molar-refractivity contribution < 1.29 is 58.3 Å². The molecule has 2 aromatic carbocycles. The molecule has 1 unspecified atom stereocenters. The minimum Gasteiger partial charge on any atom is -1.00 e. The standard InChI is InChI=1S/C14H15N2O7PS.Na.H/c17-16(18)13-6-8-14(9-7-13)23-24(19,20)11-15-25(21,22)10-12-4-2-1-3-5-12;;/h1-9,15H,10-11H2,(H,19,20);;/q;+1;-1.